The van der Waals surface area contributed by atoms with Gasteiger partial charge in [-0.15, -0.1) is 0 Å². The number of hydrogen-bond acceptors (Lipinski definition) is 3. The first-order valence-corrected chi connectivity index (χ1v) is 8.00. The Bertz CT molecular complexity index is 1110. The number of aromatic nitrogens is 3. The van der Waals surface area contributed by atoms with Gasteiger partial charge in [0.1, 0.15) is 0 Å². The molecule has 3 N–H and O–H groups in total. The van der Waals surface area contributed by atoms with Crippen molar-refractivity contribution in [2.75, 3.05) is 5.73 Å². The summed E-state index contributed by atoms with van der Waals surface area (Å²) in [6.07, 6.45) is -9.15. The number of fused-ring (bicyclic) bond motifs is 1. The lowest BCUT2D eigenvalue weighted by Crippen LogP contribution is -2.23. The molecular formula is C17H14F6N4O. The first kappa shape index (κ1) is 19.8. The molecule has 3 rings (SSSR count). The van der Waals surface area contributed by atoms with Crippen molar-refractivity contribution in [1.82, 2.24) is 14.6 Å². The van der Waals surface area contributed by atoms with Crippen molar-refractivity contribution < 1.29 is 26.3 Å². The fraction of sp³-hybridized carbons (Fsp3) is 0.294. The van der Waals surface area contributed by atoms with Crippen LogP contribution in [0.15, 0.2) is 29.2 Å². The van der Waals surface area contributed by atoms with Crippen molar-refractivity contribution in [2.24, 2.45) is 0 Å². The summed E-state index contributed by atoms with van der Waals surface area (Å²) in [5, 5.41) is 2.58. The highest BCUT2D eigenvalue weighted by atomic mass is 19.4. The molecule has 0 amide bonds. The third kappa shape index (κ3) is 3.20. The van der Waals surface area contributed by atoms with Crippen LogP contribution < -0.4 is 11.3 Å². The Morgan fingerprint density at radius 1 is 1.07 bits per heavy atom. The van der Waals surface area contributed by atoms with Crippen molar-refractivity contribution >= 4 is 11.3 Å². The van der Waals surface area contributed by atoms with Crippen LogP contribution in [0.4, 0.5) is 32.0 Å². The summed E-state index contributed by atoms with van der Waals surface area (Å²) in [6, 6.07) is 1.56. The van der Waals surface area contributed by atoms with Gasteiger partial charge < -0.3 is 5.73 Å². The molecule has 0 radical (unpaired) electrons. The van der Waals surface area contributed by atoms with Gasteiger partial charge in [-0.3, -0.25) is 9.89 Å². The first-order valence-electron chi connectivity index (χ1n) is 8.00. The molecule has 0 aliphatic rings. The van der Waals surface area contributed by atoms with Crippen LogP contribution in [0.25, 0.3) is 16.9 Å². The number of aromatic amines is 1. The summed E-state index contributed by atoms with van der Waals surface area (Å²) in [5.74, 6) is -0.465. The SMILES string of the molecule is CC(C)c1c(-c2ccc(C(F)(F)F)c(C(F)(F)F)c2)nc2c(N)c[nH]n2c1=O. The van der Waals surface area contributed by atoms with Crippen LogP contribution in [0.1, 0.15) is 36.5 Å². The van der Waals surface area contributed by atoms with E-state index in [0.29, 0.717) is 12.1 Å². The summed E-state index contributed by atoms with van der Waals surface area (Å²) >= 11 is 0. The molecule has 0 aliphatic heterocycles. The second kappa shape index (κ2) is 6.28. The van der Waals surface area contributed by atoms with Crippen LogP contribution in [0.2, 0.25) is 0 Å². The van der Waals surface area contributed by atoms with E-state index >= 15 is 0 Å². The predicted molar refractivity (Wildman–Crippen MR) is 89.8 cm³/mol. The number of alkyl halides is 6. The van der Waals surface area contributed by atoms with Crippen LogP contribution >= 0.6 is 0 Å². The van der Waals surface area contributed by atoms with Gasteiger partial charge in [0.25, 0.3) is 5.56 Å². The number of rotatable bonds is 2. The first-order chi connectivity index (χ1) is 12.8. The molecule has 0 aliphatic carbocycles. The number of anilines is 1. The Hall–Kier alpha value is -2.98. The van der Waals surface area contributed by atoms with Gasteiger partial charge in [-0.25, -0.2) is 4.98 Å². The van der Waals surface area contributed by atoms with Gasteiger partial charge in [0.05, 0.1) is 22.5 Å². The number of nitrogens with one attached hydrogen (secondary N) is 1. The molecule has 0 fully saturated rings. The standard InChI is InChI=1S/C17H14F6N4O/c1-7(2)12-13(26-14-11(24)6-25-27(14)15(12)28)8-3-4-9(16(18,19)20)10(5-8)17(21,22)23/h3-7,25H,24H2,1-2H3. The maximum atomic E-state index is 13.3. The van der Waals surface area contributed by atoms with Crippen molar-refractivity contribution in [3.05, 3.63) is 51.4 Å². The molecule has 0 bridgehead atoms. The maximum absolute atomic E-state index is 13.3. The van der Waals surface area contributed by atoms with E-state index in [0.717, 1.165) is 10.6 Å². The molecule has 0 saturated heterocycles. The lowest BCUT2D eigenvalue weighted by atomic mass is 9.95. The van der Waals surface area contributed by atoms with E-state index in [2.05, 4.69) is 10.1 Å². The van der Waals surface area contributed by atoms with Gasteiger partial charge in [0.15, 0.2) is 5.65 Å². The van der Waals surface area contributed by atoms with Crippen molar-refractivity contribution in [2.45, 2.75) is 32.1 Å². The largest absolute Gasteiger partial charge is 0.417 e. The highest BCUT2D eigenvalue weighted by molar-refractivity contribution is 5.72. The topological polar surface area (TPSA) is 76.2 Å². The number of nitrogens with zero attached hydrogens (tertiary/aromatic N) is 2. The molecule has 3 aromatic rings. The summed E-state index contributed by atoms with van der Waals surface area (Å²) in [5.41, 5.74) is 1.13. The van der Waals surface area contributed by atoms with Crippen molar-refractivity contribution in [3.63, 3.8) is 0 Å². The molecule has 0 spiro atoms. The third-order valence-corrected chi connectivity index (χ3v) is 4.21. The fourth-order valence-corrected chi connectivity index (χ4v) is 2.96. The average Bonchev–Trinajstić information content (AvgIpc) is 2.93. The van der Waals surface area contributed by atoms with E-state index in [1.165, 1.54) is 6.20 Å². The number of H-pyrrole nitrogens is 1. The molecule has 150 valence electrons. The minimum absolute atomic E-state index is 0.0298. The van der Waals surface area contributed by atoms with Gasteiger partial charge >= 0.3 is 12.4 Å². The molecule has 11 heteroatoms. The minimum atomic E-state index is -5.24. The van der Waals surface area contributed by atoms with Gasteiger partial charge in [0.2, 0.25) is 0 Å². The van der Waals surface area contributed by atoms with Crippen LogP contribution in [-0.4, -0.2) is 14.6 Å². The van der Waals surface area contributed by atoms with E-state index in [1.54, 1.807) is 13.8 Å². The van der Waals surface area contributed by atoms with Crippen molar-refractivity contribution in [3.8, 4) is 11.3 Å². The Balaban J connectivity index is 2.38. The molecule has 5 nitrogen and oxygen atoms in total. The number of nitrogens with two attached hydrogens (primary N) is 1. The Labute approximate surface area is 153 Å². The molecule has 2 heterocycles. The van der Waals surface area contributed by atoms with E-state index in [1.807, 2.05) is 0 Å². The zero-order valence-electron chi connectivity index (χ0n) is 14.5. The molecular weight excluding hydrogens is 390 g/mol. The third-order valence-electron chi connectivity index (χ3n) is 4.21. The van der Waals surface area contributed by atoms with E-state index in [4.69, 9.17) is 5.73 Å². The maximum Gasteiger partial charge on any atom is 0.417 e. The van der Waals surface area contributed by atoms with Crippen LogP contribution in [0.5, 0.6) is 0 Å². The molecule has 0 atom stereocenters. The van der Waals surface area contributed by atoms with E-state index in [-0.39, 0.29) is 28.2 Å². The molecule has 2 aromatic heterocycles. The molecule has 0 unspecified atom stereocenters. The Morgan fingerprint density at radius 2 is 1.68 bits per heavy atom. The molecule has 1 aromatic carbocycles. The number of nitrogen functional groups attached to an aromatic ring is 1. The molecule has 0 saturated carbocycles. The monoisotopic (exact) mass is 404 g/mol. The quantitative estimate of drug-likeness (QED) is 0.621. The summed E-state index contributed by atoms with van der Waals surface area (Å²) < 4.78 is 79.9. The van der Waals surface area contributed by atoms with Crippen LogP contribution in [0, 0.1) is 0 Å². The van der Waals surface area contributed by atoms with E-state index < -0.39 is 35.0 Å². The predicted octanol–water partition coefficient (Wildman–Crippen LogP) is 4.43. The minimum Gasteiger partial charge on any atom is -0.394 e. The van der Waals surface area contributed by atoms with Gasteiger partial charge in [0, 0.05) is 17.3 Å². The van der Waals surface area contributed by atoms with Crippen LogP contribution in [-0.2, 0) is 12.4 Å². The van der Waals surface area contributed by atoms with Gasteiger partial charge in [-0.1, -0.05) is 19.9 Å². The Kier molecular flexibility index (Phi) is 4.43. The van der Waals surface area contributed by atoms with E-state index in [9.17, 15) is 31.1 Å². The number of hydrogen-bond donors (Lipinski definition) is 2. The highest BCUT2D eigenvalue weighted by Gasteiger charge is 2.43. The Morgan fingerprint density at radius 3 is 2.21 bits per heavy atom. The lowest BCUT2D eigenvalue weighted by Gasteiger charge is -2.18. The summed E-state index contributed by atoms with van der Waals surface area (Å²) in [6.45, 7) is 3.24. The summed E-state index contributed by atoms with van der Waals surface area (Å²) in [7, 11) is 0. The van der Waals surface area contributed by atoms with Gasteiger partial charge in [-0.05, 0) is 18.1 Å². The average molecular weight is 404 g/mol. The smallest absolute Gasteiger partial charge is 0.394 e. The summed E-state index contributed by atoms with van der Waals surface area (Å²) in [4.78, 5) is 16.9. The highest BCUT2D eigenvalue weighted by Crippen LogP contribution is 2.42. The van der Waals surface area contributed by atoms with Crippen molar-refractivity contribution in [1.29, 1.82) is 0 Å². The van der Waals surface area contributed by atoms with Crippen LogP contribution in [0.3, 0.4) is 0 Å². The van der Waals surface area contributed by atoms with Gasteiger partial charge in [-0.2, -0.15) is 30.9 Å². The lowest BCUT2D eigenvalue weighted by molar-refractivity contribution is -0.162. The fourth-order valence-electron chi connectivity index (χ4n) is 2.96. The zero-order valence-corrected chi connectivity index (χ0v) is 14.5. The second-order valence-corrected chi connectivity index (χ2v) is 6.48. The second-order valence-electron chi connectivity index (χ2n) is 6.48. The number of benzene rings is 1. The zero-order chi connectivity index (χ0) is 21.0. The molecule has 28 heavy (non-hydrogen) atoms. The number of halogens is 6. The normalized spacial score (nSPS) is 12.9.